The molecule has 1 aromatic heterocycles. The summed E-state index contributed by atoms with van der Waals surface area (Å²) >= 11 is 5.79. The molecule has 1 aromatic carbocycles. The van der Waals surface area contributed by atoms with Gasteiger partial charge in [0.15, 0.2) is 5.96 Å². The molecule has 0 aliphatic rings. The third-order valence-electron chi connectivity index (χ3n) is 3.60. The van der Waals surface area contributed by atoms with Crippen molar-refractivity contribution in [3.05, 3.63) is 64.9 Å². The van der Waals surface area contributed by atoms with E-state index in [4.69, 9.17) is 16.3 Å². The van der Waals surface area contributed by atoms with Gasteiger partial charge in [-0.15, -0.1) is 0 Å². The smallest absolute Gasteiger partial charge is 0.191 e. The van der Waals surface area contributed by atoms with E-state index in [1.807, 2.05) is 24.3 Å². The highest BCUT2D eigenvalue weighted by molar-refractivity contribution is 6.29. The Hall–Kier alpha value is -2.11. The van der Waals surface area contributed by atoms with Gasteiger partial charge in [0.1, 0.15) is 5.15 Å². The minimum absolute atomic E-state index is 0.375. The third-order valence-corrected chi connectivity index (χ3v) is 3.83. The zero-order valence-corrected chi connectivity index (χ0v) is 15.5. The number of hydrogen-bond donors (Lipinski definition) is 2. The second-order valence-corrected chi connectivity index (χ2v) is 6.29. The van der Waals surface area contributed by atoms with Gasteiger partial charge in [0.2, 0.25) is 0 Å². The van der Waals surface area contributed by atoms with Crippen LogP contribution in [0.4, 0.5) is 0 Å². The molecular weight excluding hydrogens is 336 g/mol. The number of hydrogen-bond acceptors (Lipinski definition) is 3. The van der Waals surface area contributed by atoms with E-state index in [0.29, 0.717) is 30.8 Å². The van der Waals surface area contributed by atoms with Crippen LogP contribution in [0.2, 0.25) is 5.15 Å². The molecule has 134 valence electrons. The summed E-state index contributed by atoms with van der Waals surface area (Å²) in [6.07, 6.45) is 1.75. The number of guanidine groups is 1. The van der Waals surface area contributed by atoms with Crippen LogP contribution >= 0.6 is 11.6 Å². The number of halogens is 1. The molecule has 25 heavy (non-hydrogen) atoms. The number of pyridine rings is 1. The average Bonchev–Trinajstić information content (AvgIpc) is 2.64. The van der Waals surface area contributed by atoms with Gasteiger partial charge in [-0.2, -0.15) is 0 Å². The molecule has 0 bridgehead atoms. The van der Waals surface area contributed by atoms with Crippen molar-refractivity contribution in [2.24, 2.45) is 10.9 Å². The molecule has 2 N–H and O–H groups in total. The molecule has 2 rings (SSSR count). The highest BCUT2D eigenvalue weighted by atomic mass is 35.5. The van der Waals surface area contributed by atoms with Crippen LogP contribution in [0, 0.1) is 5.92 Å². The maximum atomic E-state index is 5.79. The number of nitrogens with one attached hydrogen (secondary N) is 2. The van der Waals surface area contributed by atoms with E-state index in [2.05, 4.69) is 39.7 Å². The minimum Gasteiger partial charge on any atom is -0.376 e. The number of aliphatic imine (C=N–C) groups is 1. The van der Waals surface area contributed by atoms with Gasteiger partial charge in [0, 0.05) is 26.3 Å². The first-order valence-corrected chi connectivity index (χ1v) is 8.72. The van der Waals surface area contributed by atoms with Crippen LogP contribution in [0.15, 0.2) is 53.7 Å². The lowest BCUT2D eigenvalue weighted by Crippen LogP contribution is -2.39. The minimum atomic E-state index is 0.375. The molecule has 0 fully saturated rings. The Labute approximate surface area is 154 Å². The summed E-state index contributed by atoms with van der Waals surface area (Å²) in [7, 11) is 1.76. The van der Waals surface area contributed by atoms with Gasteiger partial charge < -0.3 is 15.4 Å². The lowest BCUT2D eigenvalue weighted by molar-refractivity contribution is 0.0931. The maximum Gasteiger partial charge on any atom is 0.191 e. The van der Waals surface area contributed by atoms with Crippen molar-refractivity contribution >= 4 is 17.6 Å². The molecule has 0 saturated carbocycles. The second-order valence-electron chi connectivity index (χ2n) is 5.90. The molecule has 5 nitrogen and oxygen atoms in total. The SMILES string of the molecule is CN=C(NCc1ccc(Cl)nc1)NCC(C)COCc1ccccc1. The first-order chi connectivity index (χ1) is 12.2. The molecule has 0 radical (unpaired) electrons. The number of aromatic nitrogens is 1. The first kappa shape index (κ1) is 19.2. The average molecular weight is 361 g/mol. The van der Waals surface area contributed by atoms with Crippen molar-refractivity contribution in [3.63, 3.8) is 0 Å². The van der Waals surface area contributed by atoms with Crippen molar-refractivity contribution in [3.8, 4) is 0 Å². The van der Waals surface area contributed by atoms with E-state index >= 15 is 0 Å². The first-order valence-electron chi connectivity index (χ1n) is 8.34. The van der Waals surface area contributed by atoms with E-state index in [1.165, 1.54) is 5.56 Å². The van der Waals surface area contributed by atoms with Gasteiger partial charge in [-0.3, -0.25) is 4.99 Å². The number of benzene rings is 1. The summed E-state index contributed by atoms with van der Waals surface area (Å²) < 4.78 is 5.77. The van der Waals surface area contributed by atoms with Gasteiger partial charge in [-0.05, 0) is 23.1 Å². The highest BCUT2D eigenvalue weighted by Crippen LogP contribution is 2.05. The number of nitrogens with zero attached hydrogens (tertiary/aromatic N) is 2. The Kier molecular flexibility index (Phi) is 8.22. The summed E-state index contributed by atoms with van der Waals surface area (Å²) in [4.78, 5) is 8.29. The molecule has 0 aliphatic carbocycles. The van der Waals surface area contributed by atoms with Gasteiger partial charge >= 0.3 is 0 Å². The lowest BCUT2D eigenvalue weighted by atomic mass is 10.2. The van der Waals surface area contributed by atoms with Crippen LogP contribution in [-0.4, -0.2) is 31.1 Å². The van der Waals surface area contributed by atoms with E-state index in [9.17, 15) is 0 Å². The van der Waals surface area contributed by atoms with Crippen molar-refractivity contribution in [1.82, 2.24) is 15.6 Å². The van der Waals surface area contributed by atoms with Gasteiger partial charge in [-0.25, -0.2) is 4.98 Å². The Morgan fingerprint density at radius 1 is 1.16 bits per heavy atom. The van der Waals surface area contributed by atoms with Crippen LogP contribution in [-0.2, 0) is 17.9 Å². The molecule has 1 unspecified atom stereocenters. The summed E-state index contributed by atoms with van der Waals surface area (Å²) in [5.74, 6) is 1.13. The second kappa shape index (κ2) is 10.7. The standard InChI is InChI=1S/C19H25ClN4O/c1-15(13-25-14-16-6-4-3-5-7-16)10-23-19(21-2)24-12-17-8-9-18(20)22-11-17/h3-9,11,15H,10,12-14H2,1-2H3,(H2,21,23,24). The van der Waals surface area contributed by atoms with Crippen molar-refractivity contribution in [2.45, 2.75) is 20.1 Å². The molecule has 0 aliphatic heterocycles. The van der Waals surface area contributed by atoms with Crippen molar-refractivity contribution in [1.29, 1.82) is 0 Å². The van der Waals surface area contributed by atoms with Crippen LogP contribution < -0.4 is 10.6 Å². The molecule has 1 heterocycles. The molecular formula is C19H25ClN4O. The van der Waals surface area contributed by atoms with Crippen LogP contribution in [0.1, 0.15) is 18.1 Å². The van der Waals surface area contributed by atoms with E-state index in [0.717, 1.165) is 18.1 Å². The largest absolute Gasteiger partial charge is 0.376 e. The normalized spacial score (nSPS) is 12.7. The van der Waals surface area contributed by atoms with Gasteiger partial charge in [0.25, 0.3) is 0 Å². The van der Waals surface area contributed by atoms with Gasteiger partial charge in [0.05, 0.1) is 13.2 Å². The molecule has 0 saturated heterocycles. The summed E-state index contributed by atoms with van der Waals surface area (Å²) in [5.41, 5.74) is 2.24. The highest BCUT2D eigenvalue weighted by Gasteiger charge is 2.05. The van der Waals surface area contributed by atoms with E-state index in [-0.39, 0.29) is 0 Å². The Morgan fingerprint density at radius 3 is 2.64 bits per heavy atom. The Bertz CT molecular complexity index is 646. The monoisotopic (exact) mass is 360 g/mol. The summed E-state index contributed by atoms with van der Waals surface area (Å²) in [6.45, 7) is 4.91. The lowest BCUT2D eigenvalue weighted by Gasteiger charge is -2.16. The zero-order chi connectivity index (χ0) is 17.9. The molecule has 2 aromatic rings. The van der Waals surface area contributed by atoms with Crippen LogP contribution in [0.25, 0.3) is 0 Å². The van der Waals surface area contributed by atoms with Crippen LogP contribution in [0.5, 0.6) is 0 Å². The van der Waals surface area contributed by atoms with E-state index in [1.54, 1.807) is 19.3 Å². The van der Waals surface area contributed by atoms with Crippen LogP contribution in [0.3, 0.4) is 0 Å². The fraction of sp³-hybridized carbons (Fsp3) is 0.368. The van der Waals surface area contributed by atoms with E-state index < -0.39 is 0 Å². The molecule has 6 heteroatoms. The Balaban J connectivity index is 1.64. The molecule has 1 atom stereocenters. The fourth-order valence-corrected chi connectivity index (χ4v) is 2.31. The van der Waals surface area contributed by atoms with Crippen molar-refractivity contribution < 1.29 is 4.74 Å². The fourth-order valence-electron chi connectivity index (χ4n) is 2.20. The summed E-state index contributed by atoms with van der Waals surface area (Å²) in [6, 6.07) is 13.9. The van der Waals surface area contributed by atoms with Gasteiger partial charge in [-0.1, -0.05) is 54.9 Å². The molecule has 0 spiro atoms. The molecule has 0 amide bonds. The zero-order valence-electron chi connectivity index (χ0n) is 14.7. The van der Waals surface area contributed by atoms with Crippen molar-refractivity contribution in [2.75, 3.05) is 20.2 Å². The summed E-state index contributed by atoms with van der Waals surface area (Å²) in [5, 5.41) is 7.07. The predicted octanol–water partition coefficient (Wildman–Crippen LogP) is 3.25. The third kappa shape index (κ3) is 7.54. The topological polar surface area (TPSA) is 58.5 Å². The quantitative estimate of drug-likeness (QED) is 0.431. The maximum absolute atomic E-state index is 5.79. The predicted molar refractivity (Wildman–Crippen MR) is 103 cm³/mol. The number of rotatable bonds is 8. The number of ether oxygens (including phenoxy) is 1. The Morgan fingerprint density at radius 2 is 1.96 bits per heavy atom.